The fourth-order valence-corrected chi connectivity index (χ4v) is 4.74. The molecule has 2 heterocycles. The lowest BCUT2D eigenvalue weighted by Crippen LogP contribution is -2.22. The number of nitrogens with zero attached hydrogens (tertiary/aromatic N) is 1. The summed E-state index contributed by atoms with van der Waals surface area (Å²) < 4.78 is 5.82. The summed E-state index contributed by atoms with van der Waals surface area (Å²) >= 11 is 7.31. The fraction of sp³-hybridized carbons (Fsp3) is 0.261. The molecule has 7 heteroatoms. The lowest BCUT2D eigenvalue weighted by Gasteiger charge is -2.22. The normalized spacial score (nSPS) is 14.3. The average molecular weight is 441 g/mol. The van der Waals surface area contributed by atoms with Crippen molar-refractivity contribution in [2.24, 2.45) is 0 Å². The van der Waals surface area contributed by atoms with E-state index in [0.29, 0.717) is 21.2 Å². The molecule has 0 spiro atoms. The van der Waals surface area contributed by atoms with Gasteiger partial charge < -0.3 is 10.1 Å². The Labute approximate surface area is 184 Å². The van der Waals surface area contributed by atoms with Crippen molar-refractivity contribution in [3.63, 3.8) is 0 Å². The first kappa shape index (κ1) is 20.6. The summed E-state index contributed by atoms with van der Waals surface area (Å²) in [6, 6.07) is 10.4. The van der Waals surface area contributed by atoms with Crippen molar-refractivity contribution in [1.29, 1.82) is 0 Å². The highest BCUT2D eigenvalue weighted by Crippen LogP contribution is 2.37. The highest BCUT2D eigenvalue weighted by molar-refractivity contribution is 7.15. The van der Waals surface area contributed by atoms with Crippen LogP contribution in [0.4, 0.5) is 5.00 Å². The summed E-state index contributed by atoms with van der Waals surface area (Å²) in [5.74, 6) is -0.733. The number of benzene rings is 1. The maximum absolute atomic E-state index is 13.2. The van der Waals surface area contributed by atoms with Gasteiger partial charge in [-0.3, -0.25) is 9.78 Å². The molecular formula is C23H21ClN2O3S. The van der Waals surface area contributed by atoms with E-state index in [0.717, 1.165) is 36.8 Å². The lowest BCUT2D eigenvalue weighted by atomic mass is 9.97. The zero-order valence-electron chi connectivity index (χ0n) is 16.3. The van der Waals surface area contributed by atoms with Crippen molar-refractivity contribution in [1.82, 2.24) is 4.98 Å². The molecule has 1 fully saturated rings. The van der Waals surface area contributed by atoms with E-state index in [4.69, 9.17) is 16.3 Å². The number of amides is 1. The SMILES string of the molecule is O=C(Nc1scc(-c2ccncc2)c1C(=O)OC1CCCCC1)c1cccc(Cl)c1. The Bertz CT molecular complexity index is 1050. The minimum atomic E-state index is -0.406. The number of nitrogens with one attached hydrogen (secondary N) is 1. The van der Waals surface area contributed by atoms with E-state index in [-0.39, 0.29) is 12.0 Å². The van der Waals surface area contributed by atoms with Crippen LogP contribution in [0.25, 0.3) is 11.1 Å². The van der Waals surface area contributed by atoms with Gasteiger partial charge in [-0.05, 0) is 61.6 Å². The molecule has 1 saturated carbocycles. The molecule has 0 bridgehead atoms. The van der Waals surface area contributed by atoms with E-state index in [1.165, 1.54) is 17.8 Å². The van der Waals surface area contributed by atoms with Gasteiger partial charge in [-0.25, -0.2) is 4.79 Å². The topological polar surface area (TPSA) is 68.3 Å². The van der Waals surface area contributed by atoms with Crippen molar-refractivity contribution in [2.45, 2.75) is 38.2 Å². The molecule has 1 amide bonds. The van der Waals surface area contributed by atoms with Gasteiger partial charge in [0.2, 0.25) is 0 Å². The highest BCUT2D eigenvalue weighted by Gasteiger charge is 2.26. The third-order valence-corrected chi connectivity index (χ3v) is 6.26. The van der Waals surface area contributed by atoms with Gasteiger partial charge in [-0.2, -0.15) is 0 Å². The van der Waals surface area contributed by atoms with E-state index < -0.39 is 5.97 Å². The maximum atomic E-state index is 13.2. The number of aromatic nitrogens is 1. The van der Waals surface area contributed by atoms with Crippen LogP contribution in [0.5, 0.6) is 0 Å². The van der Waals surface area contributed by atoms with Gasteiger partial charge in [0.1, 0.15) is 16.7 Å². The molecule has 1 N–H and O–H groups in total. The van der Waals surface area contributed by atoms with E-state index >= 15 is 0 Å². The second-order valence-electron chi connectivity index (χ2n) is 7.22. The average Bonchev–Trinajstić information content (AvgIpc) is 3.18. The van der Waals surface area contributed by atoms with Crippen LogP contribution >= 0.6 is 22.9 Å². The first-order valence-electron chi connectivity index (χ1n) is 9.91. The minimum absolute atomic E-state index is 0.0760. The van der Waals surface area contributed by atoms with Crippen LogP contribution < -0.4 is 5.32 Å². The molecule has 3 aromatic rings. The van der Waals surface area contributed by atoms with Gasteiger partial charge in [-0.1, -0.05) is 24.1 Å². The molecular weight excluding hydrogens is 420 g/mol. The quantitative estimate of drug-likeness (QED) is 0.479. The molecule has 2 aromatic heterocycles. The zero-order valence-corrected chi connectivity index (χ0v) is 17.8. The van der Waals surface area contributed by atoms with Crippen LogP contribution in [-0.2, 0) is 4.74 Å². The number of carbonyl (C=O) groups excluding carboxylic acids is 2. The molecule has 0 aliphatic heterocycles. The fourth-order valence-electron chi connectivity index (χ4n) is 3.59. The second-order valence-corrected chi connectivity index (χ2v) is 8.54. The lowest BCUT2D eigenvalue weighted by molar-refractivity contribution is 0.0214. The molecule has 5 nitrogen and oxygen atoms in total. The van der Waals surface area contributed by atoms with Crippen molar-refractivity contribution >= 4 is 39.8 Å². The summed E-state index contributed by atoms with van der Waals surface area (Å²) in [4.78, 5) is 30.0. The number of esters is 1. The molecule has 0 atom stereocenters. The summed E-state index contributed by atoms with van der Waals surface area (Å²) in [6.07, 6.45) is 8.34. The van der Waals surface area contributed by atoms with Crippen molar-refractivity contribution < 1.29 is 14.3 Å². The van der Waals surface area contributed by atoms with Gasteiger partial charge in [-0.15, -0.1) is 11.3 Å². The molecule has 0 radical (unpaired) electrons. The van der Waals surface area contributed by atoms with Gasteiger partial charge >= 0.3 is 5.97 Å². The van der Waals surface area contributed by atoms with Crippen LogP contribution in [0.15, 0.2) is 54.2 Å². The number of thiophene rings is 1. The number of halogens is 1. The highest BCUT2D eigenvalue weighted by atomic mass is 35.5. The third-order valence-electron chi connectivity index (χ3n) is 5.13. The Kier molecular flexibility index (Phi) is 6.45. The number of hydrogen-bond donors (Lipinski definition) is 1. The molecule has 0 saturated heterocycles. The maximum Gasteiger partial charge on any atom is 0.342 e. The standard InChI is InChI=1S/C23H21ClN2O3S/c24-17-6-4-5-16(13-17)21(27)26-22-20(23(28)29-18-7-2-1-3-8-18)19(14-30-22)15-9-11-25-12-10-15/h4-6,9-14,18H,1-3,7-8H2,(H,26,27). The zero-order chi connectivity index (χ0) is 20.9. The monoisotopic (exact) mass is 440 g/mol. The van der Waals surface area contributed by atoms with Crippen molar-refractivity contribution in [3.05, 3.63) is 70.3 Å². The van der Waals surface area contributed by atoms with E-state index in [1.807, 2.05) is 17.5 Å². The van der Waals surface area contributed by atoms with Gasteiger partial charge in [0.25, 0.3) is 5.91 Å². The summed E-state index contributed by atoms with van der Waals surface area (Å²) in [5.41, 5.74) is 2.38. The summed E-state index contributed by atoms with van der Waals surface area (Å²) in [7, 11) is 0. The van der Waals surface area contributed by atoms with E-state index in [2.05, 4.69) is 10.3 Å². The number of rotatable bonds is 5. The van der Waals surface area contributed by atoms with Crippen molar-refractivity contribution in [2.75, 3.05) is 5.32 Å². The molecule has 4 rings (SSSR count). The molecule has 154 valence electrons. The third kappa shape index (κ3) is 4.71. The van der Waals surface area contributed by atoms with Gasteiger partial charge in [0.15, 0.2) is 0 Å². The van der Waals surface area contributed by atoms with Crippen LogP contribution in [0, 0.1) is 0 Å². The predicted molar refractivity (Wildman–Crippen MR) is 119 cm³/mol. The largest absolute Gasteiger partial charge is 0.459 e. The summed E-state index contributed by atoms with van der Waals surface area (Å²) in [5, 5.41) is 5.67. The smallest absolute Gasteiger partial charge is 0.342 e. The first-order valence-corrected chi connectivity index (χ1v) is 11.2. The molecule has 0 unspecified atom stereocenters. The number of ether oxygens (including phenoxy) is 1. The Morgan fingerprint density at radius 2 is 1.87 bits per heavy atom. The van der Waals surface area contributed by atoms with Crippen LogP contribution in [0.1, 0.15) is 52.8 Å². The van der Waals surface area contributed by atoms with Gasteiger partial charge in [0.05, 0.1) is 0 Å². The predicted octanol–water partition coefficient (Wildman–Crippen LogP) is 6.21. The van der Waals surface area contributed by atoms with Crippen LogP contribution in [0.3, 0.4) is 0 Å². The minimum Gasteiger partial charge on any atom is -0.459 e. The molecule has 30 heavy (non-hydrogen) atoms. The number of hydrogen-bond acceptors (Lipinski definition) is 5. The number of anilines is 1. The molecule has 1 aromatic carbocycles. The first-order chi connectivity index (χ1) is 14.6. The number of pyridine rings is 1. The van der Waals surface area contributed by atoms with Crippen LogP contribution in [0.2, 0.25) is 5.02 Å². The molecule has 1 aliphatic rings. The van der Waals surface area contributed by atoms with Crippen molar-refractivity contribution in [3.8, 4) is 11.1 Å². The second kappa shape index (κ2) is 9.41. The van der Waals surface area contributed by atoms with Gasteiger partial charge in [0, 0.05) is 33.9 Å². The van der Waals surface area contributed by atoms with Crippen LogP contribution in [-0.4, -0.2) is 23.0 Å². The Hall–Kier alpha value is -2.70. The van der Waals surface area contributed by atoms with E-state index in [9.17, 15) is 9.59 Å². The summed E-state index contributed by atoms with van der Waals surface area (Å²) in [6.45, 7) is 0. The Morgan fingerprint density at radius 3 is 2.60 bits per heavy atom. The van der Waals surface area contributed by atoms with E-state index in [1.54, 1.807) is 36.7 Å². The Morgan fingerprint density at radius 1 is 1.10 bits per heavy atom. The molecule has 1 aliphatic carbocycles. The number of carbonyl (C=O) groups is 2. The Balaban J connectivity index is 1.65.